The Morgan fingerprint density at radius 2 is 2.14 bits per heavy atom. The summed E-state index contributed by atoms with van der Waals surface area (Å²) >= 11 is 1.72. The fourth-order valence-corrected chi connectivity index (χ4v) is 2.45. The molecule has 1 heterocycles. The van der Waals surface area contributed by atoms with Gasteiger partial charge in [0.25, 0.3) is 0 Å². The van der Waals surface area contributed by atoms with E-state index in [4.69, 9.17) is 0 Å². The molecule has 2 nitrogen and oxygen atoms in total. The molecule has 3 heteroatoms. The molecular weight excluding hydrogens is 192 g/mol. The van der Waals surface area contributed by atoms with Crippen LogP contribution < -0.4 is 5.32 Å². The van der Waals surface area contributed by atoms with Crippen molar-refractivity contribution in [3.8, 4) is 0 Å². The Morgan fingerprint density at radius 1 is 1.36 bits per heavy atom. The van der Waals surface area contributed by atoms with Crippen molar-refractivity contribution in [1.82, 2.24) is 4.98 Å². The fraction of sp³-hybridized carbons (Fsp3) is 0.364. The minimum atomic E-state index is 0.441. The van der Waals surface area contributed by atoms with Gasteiger partial charge in [0, 0.05) is 6.04 Å². The van der Waals surface area contributed by atoms with E-state index < -0.39 is 0 Å². The van der Waals surface area contributed by atoms with Crippen molar-refractivity contribution in [1.29, 1.82) is 0 Å². The SMILES string of the molecule is Cc1ccc2nc(NC(C)C)sc2c1. The summed E-state index contributed by atoms with van der Waals surface area (Å²) in [5, 5.41) is 4.34. The first-order chi connectivity index (χ1) is 6.65. The third-order valence-corrected chi connectivity index (χ3v) is 2.91. The van der Waals surface area contributed by atoms with Gasteiger partial charge in [0.2, 0.25) is 0 Å². The second-order valence-electron chi connectivity index (χ2n) is 3.79. The lowest BCUT2D eigenvalue weighted by Gasteiger charge is -2.03. The summed E-state index contributed by atoms with van der Waals surface area (Å²) < 4.78 is 1.26. The van der Waals surface area contributed by atoms with E-state index in [1.807, 2.05) is 0 Å². The Hall–Kier alpha value is -1.09. The lowest BCUT2D eigenvalue weighted by molar-refractivity contribution is 0.897. The number of nitrogens with zero attached hydrogens (tertiary/aromatic N) is 1. The van der Waals surface area contributed by atoms with Crippen LogP contribution in [-0.4, -0.2) is 11.0 Å². The number of anilines is 1. The quantitative estimate of drug-likeness (QED) is 0.814. The van der Waals surface area contributed by atoms with Crippen molar-refractivity contribution in [3.63, 3.8) is 0 Å². The maximum absolute atomic E-state index is 4.50. The predicted molar refractivity (Wildman–Crippen MR) is 63.1 cm³/mol. The van der Waals surface area contributed by atoms with Gasteiger partial charge in [-0.05, 0) is 38.5 Å². The smallest absolute Gasteiger partial charge is 0.183 e. The molecule has 0 aliphatic rings. The van der Waals surface area contributed by atoms with Crippen LogP contribution in [0.2, 0.25) is 0 Å². The minimum absolute atomic E-state index is 0.441. The number of nitrogens with one attached hydrogen (secondary N) is 1. The molecule has 0 saturated carbocycles. The third kappa shape index (κ3) is 1.87. The van der Waals surface area contributed by atoms with E-state index in [0.29, 0.717) is 6.04 Å². The summed E-state index contributed by atoms with van der Waals surface area (Å²) in [6.07, 6.45) is 0. The van der Waals surface area contributed by atoms with Crippen molar-refractivity contribution >= 4 is 26.7 Å². The van der Waals surface area contributed by atoms with E-state index in [9.17, 15) is 0 Å². The molecule has 1 aromatic heterocycles. The van der Waals surface area contributed by atoms with Gasteiger partial charge in [-0.1, -0.05) is 17.4 Å². The van der Waals surface area contributed by atoms with Crippen molar-refractivity contribution in [3.05, 3.63) is 23.8 Å². The second kappa shape index (κ2) is 3.58. The van der Waals surface area contributed by atoms with Gasteiger partial charge in [0.05, 0.1) is 10.2 Å². The lowest BCUT2D eigenvalue weighted by Crippen LogP contribution is -2.08. The molecule has 0 saturated heterocycles. The molecule has 1 aromatic carbocycles. The number of hydrogen-bond acceptors (Lipinski definition) is 3. The Balaban J connectivity index is 2.41. The third-order valence-electron chi connectivity index (χ3n) is 1.96. The van der Waals surface area contributed by atoms with E-state index in [1.54, 1.807) is 11.3 Å². The van der Waals surface area contributed by atoms with Crippen LogP contribution in [0.4, 0.5) is 5.13 Å². The molecule has 0 bridgehead atoms. The standard InChI is InChI=1S/C11H14N2S/c1-7(2)12-11-13-9-5-4-8(3)6-10(9)14-11/h4-7H,1-3H3,(H,12,13). The molecule has 0 aliphatic heterocycles. The largest absolute Gasteiger partial charge is 0.359 e. The average Bonchev–Trinajstić information content (AvgIpc) is 2.44. The summed E-state index contributed by atoms with van der Waals surface area (Å²) in [7, 11) is 0. The number of aryl methyl sites for hydroxylation is 1. The predicted octanol–water partition coefficient (Wildman–Crippen LogP) is 3.43. The van der Waals surface area contributed by atoms with Crippen LogP contribution in [0.15, 0.2) is 18.2 Å². The molecule has 0 radical (unpaired) electrons. The highest BCUT2D eigenvalue weighted by Gasteiger charge is 2.03. The molecule has 2 aromatic rings. The highest BCUT2D eigenvalue weighted by atomic mass is 32.1. The van der Waals surface area contributed by atoms with Crippen LogP contribution in [0.5, 0.6) is 0 Å². The van der Waals surface area contributed by atoms with Gasteiger partial charge in [0.15, 0.2) is 5.13 Å². The maximum atomic E-state index is 4.50. The Labute approximate surface area is 88.0 Å². The monoisotopic (exact) mass is 206 g/mol. The lowest BCUT2D eigenvalue weighted by atomic mass is 10.2. The number of fused-ring (bicyclic) bond motifs is 1. The minimum Gasteiger partial charge on any atom is -0.359 e. The molecule has 0 fully saturated rings. The molecule has 0 aliphatic carbocycles. The van der Waals surface area contributed by atoms with Crippen LogP contribution in [0.25, 0.3) is 10.2 Å². The zero-order valence-corrected chi connectivity index (χ0v) is 9.48. The summed E-state index contributed by atoms with van der Waals surface area (Å²) in [4.78, 5) is 4.50. The molecule has 1 N–H and O–H groups in total. The Bertz CT molecular complexity index is 445. The van der Waals surface area contributed by atoms with Crippen molar-refractivity contribution in [2.75, 3.05) is 5.32 Å². The molecule has 14 heavy (non-hydrogen) atoms. The van der Waals surface area contributed by atoms with E-state index >= 15 is 0 Å². The van der Waals surface area contributed by atoms with Gasteiger partial charge in [-0.25, -0.2) is 4.98 Å². The topological polar surface area (TPSA) is 24.9 Å². The number of aromatic nitrogens is 1. The molecule has 0 unspecified atom stereocenters. The van der Waals surface area contributed by atoms with E-state index in [-0.39, 0.29) is 0 Å². The van der Waals surface area contributed by atoms with Gasteiger partial charge in [0.1, 0.15) is 0 Å². The van der Waals surface area contributed by atoms with Crippen molar-refractivity contribution in [2.45, 2.75) is 26.8 Å². The van der Waals surface area contributed by atoms with Crippen LogP contribution in [0.1, 0.15) is 19.4 Å². The van der Waals surface area contributed by atoms with Crippen molar-refractivity contribution < 1.29 is 0 Å². The molecule has 0 spiro atoms. The Morgan fingerprint density at radius 3 is 2.86 bits per heavy atom. The molecule has 74 valence electrons. The van der Waals surface area contributed by atoms with Crippen LogP contribution in [0, 0.1) is 6.92 Å². The highest BCUT2D eigenvalue weighted by molar-refractivity contribution is 7.22. The van der Waals surface area contributed by atoms with E-state index in [0.717, 1.165) is 10.6 Å². The first-order valence-electron chi connectivity index (χ1n) is 4.79. The van der Waals surface area contributed by atoms with Crippen LogP contribution >= 0.6 is 11.3 Å². The zero-order chi connectivity index (χ0) is 10.1. The van der Waals surface area contributed by atoms with Crippen LogP contribution in [0.3, 0.4) is 0 Å². The summed E-state index contributed by atoms with van der Waals surface area (Å²) in [5.74, 6) is 0. The zero-order valence-electron chi connectivity index (χ0n) is 8.66. The first kappa shape index (κ1) is 9.46. The number of benzene rings is 1. The molecule has 0 atom stereocenters. The van der Waals surface area contributed by atoms with Gasteiger partial charge in [-0.3, -0.25) is 0 Å². The van der Waals surface area contributed by atoms with E-state index in [2.05, 4.69) is 49.3 Å². The number of hydrogen-bond donors (Lipinski definition) is 1. The Kier molecular flexibility index (Phi) is 2.42. The first-order valence-corrected chi connectivity index (χ1v) is 5.60. The van der Waals surface area contributed by atoms with E-state index in [1.165, 1.54) is 10.3 Å². The molecular formula is C11H14N2S. The molecule has 0 amide bonds. The van der Waals surface area contributed by atoms with Gasteiger partial charge in [-0.2, -0.15) is 0 Å². The second-order valence-corrected chi connectivity index (χ2v) is 4.82. The van der Waals surface area contributed by atoms with Gasteiger partial charge < -0.3 is 5.32 Å². The highest BCUT2D eigenvalue weighted by Crippen LogP contribution is 2.26. The summed E-state index contributed by atoms with van der Waals surface area (Å²) in [5.41, 5.74) is 2.38. The summed E-state index contributed by atoms with van der Waals surface area (Å²) in [6, 6.07) is 6.79. The maximum Gasteiger partial charge on any atom is 0.183 e. The van der Waals surface area contributed by atoms with Gasteiger partial charge >= 0.3 is 0 Å². The average molecular weight is 206 g/mol. The molecule has 2 rings (SSSR count). The van der Waals surface area contributed by atoms with Crippen molar-refractivity contribution in [2.24, 2.45) is 0 Å². The number of thiazole rings is 1. The summed E-state index contributed by atoms with van der Waals surface area (Å²) in [6.45, 7) is 6.35. The normalized spacial score (nSPS) is 11.1. The van der Waals surface area contributed by atoms with Gasteiger partial charge in [-0.15, -0.1) is 0 Å². The van der Waals surface area contributed by atoms with Crippen LogP contribution in [-0.2, 0) is 0 Å². The fourth-order valence-electron chi connectivity index (χ4n) is 1.34. The number of rotatable bonds is 2.